The van der Waals surface area contributed by atoms with Gasteiger partial charge in [-0.05, 0) is 30.5 Å². The zero-order valence-corrected chi connectivity index (χ0v) is 12.1. The summed E-state index contributed by atoms with van der Waals surface area (Å²) >= 11 is 5.84. The van der Waals surface area contributed by atoms with Crippen LogP contribution in [-0.2, 0) is 4.79 Å². The number of benzene rings is 1. The maximum Gasteiger partial charge on any atom is 0.238 e. The first-order valence-electron chi connectivity index (χ1n) is 6.41. The van der Waals surface area contributed by atoms with Gasteiger partial charge in [-0.3, -0.25) is 4.79 Å². The molecule has 106 valence electrons. The van der Waals surface area contributed by atoms with Crippen molar-refractivity contribution in [3.05, 3.63) is 29.3 Å². The Morgan fingerprint density at radius 3 is 2.74 bits per heavy atom. The fourth-order valence-corrected chi connectivity index (χ4v) is 1.99. The van der Waals surface area contributed by atoms with Gasteiger partial charge in [0.25, 0.3) is 0 Å². The van der Waals surface area contributed by atoms with E-state index in [1.165, 1.54) is 0 Å². The molecule has 0 saturated heterocycles. The van der Waals surface area contributed by atoms with E-state index in [1.54, 1.807) is 24.3 Å². The third-order valence-corrected chi connectivity index (χ3v) is 2.87. The van der Waals surface area contributed by atoms with Crippen molar-refractivity contribution in [3.8, 4) is 0 Å². The normalized spacial score (nSPS) is 12.5. The van der Waals surface area contributed by atoms with Gasteiger partial charge in [-0.1, -0.05) is 31.5 Å². The van der Waals surface area contributed by atoms with Crippen LogP contribution in [0.3, 0.4) is 0 Å². The van der Waals surface area contributed by atoms with Crippen molar-refractivity contribution in [1.29, 1.82) is 0 Å². The number of nitrogens with one attached hydrogen (secondary N) is 2. The van der Waals surface area contributed by atoms with Crippen LogP contribution in [0.2, 0.25) is 5.02 Å². The molecule has 0 spiro atoms. The Morgan fingerprint density at radius 2 is 2.16 bits per heavy atom. The molecule has 0 aliphatic heterocycles. The number of hydrogen-bond donors (Lipinski definition) is 3. The molecule has 4 nitrogen and oxygen atoms in total. The minimum Gasteiger partial charge on any atom is -0.395 e. The minimum atomic E-state index is -0.149. The van der Waals surface area contributed by atoms with Gasteiger partial charge in [0.15, 0.2) is 0 Å². The van der Waals surface area contributed by atoms with Gasteiger partial charge in [0.05, 0.1) is 13.2 Å². The Balaban J connectivity index is 2.38. The average Bonchev–Trinajstić information content (AvgIpc) is 2.34. The molecule has 0 aliphatic rings. The number of anilines is 1. The standard InChI is InChI=1S/C14H21ClN2O2/c1-10(2)6-13(9-18)16-8-14(19)17-12-5-3-4-11(15)7-12/h3-5,7,10,13,16,18H,6,8-9H2,1-2H3,(H,17,19). The van der Waals surface area contributed by atoms with Crippen molar-refractivity contribution in [3.63, 3.8) is 0 Å². The molecule has 1 rings (SSSR count). The van der Waals surface area contributed by atoms with Crippen LogP contribution in [0, 0.1) is 5.92 Å². The van der Waals surface area contributed by atoms with E-state index in [0.29, 0.717) is 16.6 Å². The molecule has 1 amide bonds. The summed E-state index contributed by atoms with van der Waals surface area (Å²) in [5.74, 6) is 0.324. The molecule has 3 N–H and O–H groups in total. The van der Waals surface area contributed by atoms with Gasteiger partial charge in [0.2, 0.25) is 5.91 Å². The number of carbonyl (C=O) groups is 1. The van der Waals surface area contributed by atoms with Crippen LogP contribution in [0.25, 0.3) is 0 Å². The number of carbonyl (C=O) groups excluding carboxylic acids is 1. The van der Waals surface area contributed by atoms with Crippen LogP contribution in [0.5, 0.6) is 0 Å². The summed E-state index contributed by atoms with van der Waals surface area (Å²) in [5.41, 5.74) is 0.670. The fraction of sp³-hybridized carbons (Fsp3) is 0.500. The average molecular weight is 285 g/mol. The van der Waals surface area contributed by atoms with Crippen LogP contribution in [0.1, 0.15) is 20.3 Å². The Kier molecular flexibility index (Phi) is 6.84. The molecule has 1 unspecified atom stereocenters. The highest BCUT2D eigenvalue weighted by Crippen LogP contribution is 2.14. The third-order valence-electron chi connectivity index (χ3n) is 2.64. The number of amides is 1. The van der Waals surface area contributed by atoms with Crippen molar-refractivity contribution in [2.45, 2.75) is 26.3 Å². The van der Waals surface area contributed by atoms with Crippen LogP contribution in [-0.4, -0.2) is 30.2 Å². The zero-order valence-electron chi connectivity index (χ0n) is 11.3. The third kappa shape index (κ3) is 6.57. The highest BCUT2D eigenvalue weighted by Gasteiger charge is 2.11. The van der Waals surface area contributed by atoms with Gasteiger partial charge >= 0.3 is 0 Å². The van der Waals surface area contributed by atoms with E-state index in [-0.39, 0.29) is 25.1 Å². The van der Waals surface area contributed by atoms with Gasteiger partial charge in [0, 0.05) is 16.8 Å². The van der Waals surface area contributed by atoms with Crippen molar-refractivity contribution in [2.75, 3.05) is 18.5 Å². The Morgan fingerprint density at radius 1 is 1.42 bits per heavy atom. The predicted octanol–water partition coefficient (Wildman–Crippen LogP) is 2.28. The topological polar surface area (TPSA) is 61.4 Å². The van der Waals surface area contributed by atoms with E-state index >= 15 is 0 Å². The second kappa shape index (κ2) is 8.15. The van der Waals surface area contributed by atoms with Crippen LogP contribution in [0.15, 0.2) is 24.3 Å². The van der Waals surface area contributed by atoms with E-state index < -0.39 is 0 Å². The Bertz CT molecular complexity index is 410. The first-order chi connectivity index (χ1) is 9.01. The quantitative estimate of drug-likeness (QED) is 0.720. The monoisotopic (exact) mass is 284 g/mol. The van der Waals surface area contributed by atoms with Crippen LogP contribution < -0.4 is 10.6 Å². The molecule has 1 atom stereocenters. The summed E-state index contributed by atoms with van der Waals surface area (Å²) in [5, 5.41) is 15.6. The second-order valence-corrected chi connectivity index (χ2v) is 5.38. The fourth-order valence-electron chi connectivity index (χ4n) is 1.80. The van der Waals surface area contributed by atoms with Crippen molar-refractivity contribution in [1.82, 2.24) is 5.32 Å². The van der Waals surface area contributed by atoms with Crippen molar-refractivity contribution < 1.29 is 9.90 Å². The van der Waals surface area contributed by atoms with Gasteiger partial charge in [-0.25, -0.2) is 0 Å². The zero-order chi connectivity index (χ0) is 14.3. The van der Waals surface area contributed by atoms with E-state index in [9.17, 15) is 9.90 Å². The lowest BCUT2D eigenvalue weighted by atomic mass is 10.0. The van der Waals surface area contributed by atoms with Crippen LogP contribution in [0.4, 0.5) is 5.69 Å². The maximum absolute atomic E-state index is 11.7. The van der Waals surface area contributed by atoms with Crippen LogP contribution >= 0.6 is 11.6 Å². The molecular weight excluding hydrogens is 264 g/mol. The molecule has 0 aromatic heterocycles. The molecule has 0 aliphatic carbocycles. The first kappa shape index (κ1) is 16.0. The number of hydrogen-bond acceptors (Lipinski definition) is 3. The molecule has 1 aromatic rings. The molecule has 0 heterocycles. The molecule has 1 aromatic carbocycles. The number of halogens is 1. The van der Waals surface area contributed by atoms with E-state index in [2.05, 4.69) is 24.5 Å². The molecule has 0 radical (unpaired) electrons. The lowest BCUT2D eigenvalue weighted by Gasteiger charge is -2.18. The minimum absolute atomic E-state index is 0.0304. The molecule has 0 saturated carbocycles. The Hall–Kier alpha value is -1.10. The van der Waals surface area contributed by atoms with Gasteiger partial charge in [-0.15, -0.1) is 0 Å². The highest BCUT2D eigenvalue weighted by molar-refractivity contribution is 6.30. The van der Waals surface area contributed by atoms with Gasteiger partial charge < -0.3 is 15.7 Å². The van der Waals surface area contributed by atoms with Crippen molar-refractivity contribution in [2.24, 2.45) is 5.92 Å². The molecular formula is C14H21ClN2O2. The van der Waals surface area contributed by atoms with E-state index in [4.69, 9.17) is 11.6 Å². The predicted molar refractivity (Wildman–Crippen MR) is 78.4 cm³/mol. The molecule has 0 bridgehead atoms. The number of aliphatic hydroxyl groups is 1. The summed E-state index contributed by atoms with van der Waals surface area (Å²) in [6, 6.07) is 6.95. The summed E-state index contributed by atoms with van der Waals surface area (Å²) in [6.07, 6.45) is 0.834. The summed E-state index contributed by atoms with van der Waals surface area (Å²) < 4.78 is 0. The number of aliphatic hydroxyl groups excluding tert-OH is 1. The molecule has 19 heavy (non-hydrogen) atoms. The van der Waals surface area contributed by atoms with Gasteiger partial charge in [0.1, 0.15) is 0 Å². The Labute approximate surface area is 119 Å². The summed E-state index contributed by atoms with van der Waals surface area (Å²) in [6.45, 7) is 4.36. The molecule has 0 fully saturated rings. The SMILES string of the molecule is CC(C)CC(CO)NCC(=O)Nc1cccc(Cl)c1. The second-order valence-electron chi connectivity index (χ2n) is 4.95. The van der Waals surface area contributed by atoms with E-state index in [0.717, 1.165) is 6.42 Å². The van der Waals surface area contributed by atoms with Crippen molar-refractivity contribution >= 4 is 23.2 Å². The maximum atomic E-state index is 11.7. The van der Waals surface area contributed by atoms with E-state index in [1.807, 2.05) is 0 Å². The lowest BCUT2D eigenvalue weighted by molar-refractivity contribution is -0.115. The highest BCUT2D eigenvalue weighted by atomic mass is 35.5. The number of rotatable bonds is 7. The first-order valence-corrected chi connectivity index (χ1v) is 6.78. The summed E-state index contributed by atoms with van der Waals surface area (Å²) in [4.78, 5) is 11.7. The summed E-state index contributed by atoms with van der Waals surface area (Å²) in [7, 11) is 0. The molecule has 5 heteroatoms. The largest absolute Gasteiger partial charge is 0.395 e. The smallest absolute Gasteiger partial charge is 0.238 e. The van der Waals surface area contributed by atoms with Gasteiger partial charge in [-0.2, -0.15) is 0 Å². The lowest BCUT2D eigenvalue weighted by Crippen LogP contribution is -2.39.